The van der Waals surface area contributed by atoms with Crippen molar-refractivity contribution in [3.63, 3.8) is 0 Å². The number of nitrogens with zero attached hydrogens (tertiary/aromatic N) is 5. The lowest BCUT2D eigenvalue weighted by molar-refractivity contribution is -0.129. The molecule has 4 rings (SSSR count). The summed E-state index contributed by atoms with van der Waals surface area (Å²) < 4.78 is 2.09. The molecule has 1 unspecified atom stereocenters. The fourth-order valence-corrected chi connectivity index (χ4v) is 4.81. The molecule has 1 amide bonds. The molecule has 0 saturated carbocycles. The van der Waals surface area contributed by atoms with E-state index in [1.165, 1.54) is 30.2 Å². The number of hydrogen-bond acceptors (Lipinski definition) is 5. The lowest BCUT2D eigenvalue weighted by Crippen LogP contribution is -2.33. The Morgan fingerprint density at radius 1 is 1.06 bits per heavy atom. The third-order valence-electron chi connectivity index (χ3n) is 5.57. The van der Waals surface area contributed by atoms with E-state index in [1.54, 1.807) is 4.90 Å². The van der Waals surface area contributed by atoms with Gasteiger partial charge in [-0.25, -0.2) is 0 Å². The van der Waals surface area contributed by atoms with E-state index in [4.69, 9.17) is 0 Å². The van der Waals surface area contributed by atoms with E-state index >= 15 is 0 Å². The van der Waals surface area contributed by atoms with Crippen LogP contribution in [0.25, 0.3) is 5.69 Å². The largest absolute Gasteiger partial charge is 0.341 e. The molecule has 0 N–H and O–H groups in total. The summed E-state index contributed by atoms with van der Waals surface area (Å²) in [5.74, 6) is 0.941. The van der Waals surface area contributed by atoms with Crippen molar-refractivity contribution in [2.75, 3.05) is 25.0 Å². The lowest BCUT2D eigenvalue weighted by atomic mass is 10.2. The molecule has 1 aromatic heterocycles. The first-order chi connectivity index (χ1) is 15.0. The topological polar surface area (TPSA) is 54.3 Å². The van der Waals surface area contributed by atoms with E-state index < -0.39 is 0 Å². The molecule has 1 fully saturated rings. The highest BCUT2D eigenvalue weighted by molar-refractivity contribution is 8.00. The fraction of sp³-hybridized carbons (Fsp3) is 0.375. The van der Waals surface area contributed by atoms with Crippen LogP contribution >= 0.6 is 11.8 Å². The molecule has 0 radical (unpaired) electrons. The molecule has 0 bridgehead atoms. The minimum Gasteiger partial charge on any atom is -0.341 e. The highest BCUT2D eigenvalue weighted by Gasteiger charge is 2.26. The molecular formula is C24H29N5OS. The summed E-state index contributed by atoms with van der Waals surface area (Å²) in [5.41, 5.74) is 3.35. The van der Waals surface area contributed by atoms with Gasteiger partial charge >= 0.3 is 0 Å². The van der Waals surface area contributed by atoms with Gasteiger partial charge in [-0.15, -0.1) is 10.2 Å². The van der Waals surface area contributed by atoms with Gasteiger partial charge in [0.05, 0.1) is 10.9 Å². The number of carbonyl (C=O) groups is 1. The Bertz CT molecular complexity index is 1010. The summed E-state index contributed by atoms with van der Waals surface area (Å²) in [7, 11) is 1.85. The second-order valence-corrected chi connectivity index (χ2v) is 9.40. The maximum absolute atomic E-state index is 13.0. The number of anilines is 1. The molecule has 1 aliphatic heterocycles. The summed E-state index contributed by atoms with van der Waals surface area (Å²) in [4.78, 5) is 17.1. The second kappa shape index (κ2) is 9.56. The zero-order valence-electron chi connectivity index (χ0n) is 18.4. The summed E-state index contributed by atoms with van der Waals surface area (Å²) in [6, 6.07) is 18.4. The highest BCUT2D eigenvalue weighted by Crippen LogP contribution is 2.31. The monoisotopic (exact) mass is 435 g/mol. The minimum absolute atomic E-state index is 0.0787. The zero-order chi connectivity index (χ0) is 21.8. The van der Waals surface area contributed by atoms with Gasteiger partial charge in [-0.2, -0.15) is 0 Å². The third-order valence-corrected chi connectivity index (χ3v) is 6.60. The van der Waals surface area contributed by atoms with Crippen LogP contribution in [0.4, 0.5) is 5.95 Å². The number of aromatic nitrogens is 3. The second-order valence-electron chi connectivity index (χ2n) is 8.09. The number of hydrogen-bond donors (Lipinski definition) is 0. The van der Waals surface area contributed by atoms with Crippen LogP contribution in [0.2, 0.25) is 0 Å². The Balaban J connectivity index is 1.55. The Morgan fingerprint density at radius 2 is 1.74 bits per heavy atom. The Hall–Kier alpha value is -2.80. The van der Waals surface area contributed by atoms with Crippen molar-refractivity contribution in [2.24, 2.45) is 0 Å². The van der Waals surface area contributed by atoms with E-state index in [1.807, 2.05) is 44.3 Å². The summed E-state index contributed by atoms with van der Waals surface area (Å²) in [6.45, 7) is 6.59. The summed E-state index contributed by atoms with van der Waals surface area (Å²) >= 11 is 1.47. The fourth-order valence-electron chi connectivity index (χ4n) is 3.83. The van der Waals surface area contributed by atoms with Gasteiger partial charge in [0, 0.05) is 26.7 Å². The normalized spacial score (nSPS) is 14.6. The zero-order valence-corrected chi connectivity index (χ0v) is 19.2. The van der Waals surface area contributed by atoms with Crippen molar-refractivity contribution >= 4 is 23.6 Å². The number of aryl methyl sites for hydroxylation is 1. The molecule has 2 aromatic carbocycles. The molecule has 31 heavy (non-hydrogen) atoms. The Morgan fingerprint density at radius 3 is 2.42 bits per heavy atom. The van der Waals surface area contributed by atoms with Crippen molar-refractivity contribution in [2.45, 2.75) is 43.6 Å². The molecule has 162 valence electrons. The van der Waals surface area contributed by atoms with Crippen molar-refractivity contribution < 1.29 is 4.79 Å². The molecule has 3 aromatic rings. The van der Waals surface area contributed by atoms with Gasteiger partial charge in [0.25, 0.3) is 0 Å². The standard InChI is InChI=1S/C24H29N5OS/c1-18-11-13-21(14-12-18)29-23(28-15-7-8-16-28)25-26-24(29)31-19(2)22(30)27(3)17-20-9-5-4-6-10-20/h4-6,9-14,19H,7-8,15-17H2,1-3H3. The van der Waals surface area contributed by atoms with Crippen molar-refractivity contribution in [1.29, 1.82) is 0 Å². The van der Waals surface area contributed by atoms with Gasteiger partial charge in [0.1, 0.15) is 0 Å². The average Bonchev–Trinajstić information content (AvgIpc) is 3.44. The number of benzene rings is 2. The van der Waals surface area contributed by atoms with Crippen LogP contribution in [0, 0.1) is 6.92 Å². The van der Waals surface area contributed by atoms with Gasteiger partial charge in [0.2, 0.25) is 11.9 Å². The Labute approximate surface area is 188 Å². The first kappa shape index (κ1) is 21.4. The first-order valence-electron chi connectivity index (χ1n) is 10.8. The molecule has 2 heterocycles. The maximum Gasteiger partial charge on any atom is 0.235 e. The van der Waals surface area contributed by atoms with Gasteiger partial charge in [-0.1, -0.05) is 59.8 Å². The van der Waals surface area contributed by atoms with Gasteiger partial charge in [0.15, 0.2) is 5.16 Å². The summed E-state index contributed by atoms with van der Waals surface area (Å²) in [6.07, 6.45) is 2.34. The minimum atomic E-state index is -0.270. The predicted octanol–water partition coefficient (Wildman–Crippen LogP) is 4.32. The highest BCUT2D eigenvalue weighted by atomic mass is 32.2. The van der Waals surface area contributed by atoms with E-state index in [2.05, 4.69) is 50.9 Å². The summed E-state index contributed by atoms with van der Waals surface area (Å²) in [5, 5.41) is 9.48. The number of carbonyl (C=O) groups excluding carboxylic acids is 1. The van der Waals surface area contributed by atoms with Crippen molar-refractivity contribution in [1.82, 2.24) is 19.7 Å². The van der Waals surface area contributed by atoms with Gasteiger partial charge in [-0.05, 0) is 44.4 Å². The molecule has 1 saturated heterocycles. The maximum atomic E-state index is 13.0. The van der Waals surface area contributed by atoms with Crippen LogP contribution in [-0.4, -0.2) is 51.0 Å². The molecule has 0 aliphatic carbocycles. The number of amides is 1. The van der Waals surface area contributed by atoms with Crippen LogP contribution in [-0.2, 0) is 11.3 Å². The Kier molecular flexibility index (Phi) is 6.61. The molecular weight excluding hydrogens is 406 g/mol. The predicted molar refractivity (Wildman–Crippen MR) is 126 cm³/mol. The van der Waals surface area contributed by atoms with Crippen molar-refractivity contribution in [3.05, 3.63) is 65.7 Å². The smallest absolute Gasteiger partial charge is 0.235 e. The number of thioether (sulfide) groups is 1. The average molecular weight is 436 g/mol. The SMILES string of the molecule is Cc1ccc(-n2c(SC(C)C(=O)N(C)Cc3ccccc3)nnc2N2CCCC2)cc1. The van der Waals surface area contributed by atoms with Crippen LogP contribution in [0.3, 0.4) is 0 Å². The van der Waals surface area contributed by atoms with Crippen LogP contribution < -0.4 is 4.90 Å². The molecule has 1 atom stereocenters. The quantitative estimate of drug-likeness (QED) is 0.518. The number of rotatable bonds is 7. The van der Waals surface area contributed by atoms with E-state index in [0.717, 1.165) is 35.4 Å². The first-order valence-corrected chi connectivity index (χ1v) is 11.6. The molecule has 7 heteroatoms. The van der Waals surface area contributed by atoms with E-state index in [0.29, 0.717) is 6.54 Å². The van der Waals surface area contributed by atoms with Crippen molar-refractivity contribution in [3.8, 4) is 5.69 Å². The van der Waals surface area contributed by atoms with E-state index in [9.17, 15) is 4.79 Å². The van der Waals surface area contributed by atoms with Gasteiger partial charge < -0.3 is 9.80 Å². The van der Waals surface area contributed by atoms with Gasteiger partial charge in [-0.3, -0.25) is 9.36 Å². The molecule has 1 aliphatic rings. The third kappa shape index (κ3) is 4.93. The van der Waals surface area contributed by atoms with Crippen LogP contribution in [0.5, 0.6) is 0 Å². The molecule has 0 spiro atoms. The van der Waals surface area contributed by atoms with Crippen LogP contribution in [0.15, 0.2) is 59.8 Å². The lowest BCUT2D eigenvalue weighted by Gasteiger charge is -2.22. The van der Waals surface area contributed by atoms with Crippen LogP contribution in [0.1, 0.15) is 30.9 Å². The van der Waals surface area contributed by atoms with E-state index in [-0.39, 0.29) is 11.2 Å². The molecule has 6 nitrogen and oxygen atoms in total.